The minimum atomic E-state index is -1.69. The summed E-state index contributed by atoms with van der Waals surface area (Å²) in [7, 11) is 0.185. The highest BCUT2D eigenvalue weighted by molar-refractivity contribution is 6.90. The van der Waals surface area contributed by atoms with Crippen molar-refractivity contribution in [2.24, 2.45) is 7.05 Å². The summed E-state index contributed by atoms with van der Waals surface area (Å²) in [5, 5.41) is 4.33. The molecule has 0 aliphatic rings. The van der Waals surface area contributed by atoms with Crippen LogP contribution in [0.5, 0.6) is 0 Å². The van der Waals surface area contributed by atoms with E-state index in [9.17, 15) is 0 Å². The molecule has 0 bridgehead atoms. The molecule has 0 aliphatic heterocycles. The van der Waals surface area contributed by atoms with Crippen LogP contribution in [0, 0.1) is 11.5 Å². The van der Waals surface area contributed by atoms with Crippen molar-refractivity contribution in [3.8, 4) is 11.5 Å². The molecule has 3 nitrogen and oxygen atoms in total. The number of nitrogens with zero attached hydrogens (tertiary/aromatic N) is 2. The Balaban J connectivity index is 3.27. The molecule has 1 heterocycles. The molecule has 0 fully saturated rings. The number of rotatable bonds is 3. The zero-order chi connectivity index (χ0) is 14.8. The standard InChI is InChI=1S/C15H27N3Si/c1-11(2)19(12(3)4,13(5)6)9-8-15-14(16)10-18(7)17-15/h10-13H,16H2,1-7H3. The second-order valence-corrected chi connectivity index (χ2v) is 11.8. The fourth-order valence-corrected chi connectivity index (χ4v) is 8.41. The maximum absolute atomic E-state index is 5.93. The van der Waals surface area contributed by atoms with E-state index in [-0.39, 0.29) is 0 Å². The van der Waals surface area contributed by atoms with Gasteiger partial charge in [-0.15, -0.1) is 5.54 Å². The normalized spacial score (nSPS) is 12.1. The molecule has 106 valence electrons. The first kappa shape index (κ1) is 15.8. The third-order valence-corrected chi connectivity index (χ3v) is 10.4. The third kappa shape index (κ3) is 3.03. The van der Waals surface area contributed by atoms with Gasteiger partial charge in [-0.2, -0.15) is 5.10 Å². The number of nitrogens with two attached hydrogens (primary N) is 1. The molecule has 0 atom stereocenters. The lowest BCUT2D eigenvalue weighted by molar-refractivity contribution is 0.764. The topological polar surface area (TPSA) is 43.8 Å². The minimum absolute atomic E-state index is 0.630. The molecule has 0 radical (unpaired) electrons. The van der Waals surface area contributed by atoms with Gasteiger partial charge in [-0.05, 0) is 22.5 Å². The third-order valence-electron chi connectivity index (χ3n) is 4.12. The first-order valence-corrected chi connectivity index (χ1v) is 9.27. The Hall–Kier alpha value is -1.21. The van der Waals surface area contributed by atoms with Gasteiger partial charge in [-0.3, -0.25) is 4.68 Å². The smallest absolute Gasteiger partial charge is 0.157 e. The number of anilines is 1. The van der Waals surface area contributed by atoms with E-state index in [2.05, 4.69) is 58.1 Å². The Morgan fingerprint density at radius 2 is 1.58 bits per heavy atom. The van der Waals surface area contributed by atoms with Gasteiger partial charge in [0.1, 0.15) is 8.07 Å². The first-order valence-electron chi connectivity index (χ1n) is 7.04. The Labute approximate surface area is 118 Å². The van der Waals surface area contributed by atoms with Crippen LogP contribution in [-0.4, -0.2) is 17.9 Å². The van der Waals surface area contributed by atoms with E-state index < -0.39 is 8.07 Å². The van der Waals surface area contributed by atoms with Crippen LogP contribution in [0.25, 0.3) is 0 Å². The van der Waals surface area contributed by atoms with E-state index in [1.54, 1.807) is 4.68 Å². The van der Waals surface area contributed by atoms with Gasteiger partial charge in [-0.25, -0.2) is 0 Å². The zero-order valence-electron chi connectivity index (χ0n) is 13.3. The van der Waals surface area contributed by atoms with Crippen molar-refractivity contribution in [3.63, 3.8) is 0 Å². The van der Waals surface area contributed by atoms with E-state index >= 15 is 0 Å². The maximum atomic E-state index is 5.93. The Bertz CT molecular complexity index is 467. The van der Waals surface area contributed by atoms with Crippen molar-refractivity contribution in [2.45, 2.75) is 58.2 Å². The maximum Gasteiger partial charge on any atom is 0.157 e. The molecule has 0 unspecified atom stereocenters. The predicted molar refractivity (Wildman–Crippen MR) is 85.5 cm³/mol. The summed E-state index contributed by atoms with van der Waals surface area (Å²) in [6, 6.07) is 0. The summed E-state index contributed by atoms with van der Waals surface area (Å²) in [5.74, 6) is 3.27. The van der Waals surface area contributed by atoms with Crippen molar-refractivity contribution in [3.05, 3.63) is 11.9 Å². The van der Waals surface area contributed by atoms with Crippen molar-refractivity contribution in [2.75, 3.05) is 5.73 Å². The fraction of sp³-hybridized carbons (Fsp3) is 0.667. The quantitative estimate of drug-likeness (QED) is 0.678. The number of aromatic nitrogens is 2. The minimum Gasteiger partial charge on any atom is -0.395 e. The molecule has 0 saturated carbocycles. The first-order chi connectivity index (χ1) is 8.71. The highest BCUT2D eigenvalue weighted by Gasteiger charge is 2.41. The number of nitrogen functional groups attached to an aromatic ring is 1. The average molecular weight is 277 g/mol. The SMILES string of the molecule is CC(C)[Si](C#Cc1nn(C)cc1N)(C(C)C)C(C)C. The zero-order valence-corrected chi connectivity index (χ0v) is 14.3. The summed E-state index contributed by atoms with van der Waals surface area (Å²) in [5.41, 5.74) is 12.9. The van der Waals surface area contributed by atoms with Gasteiger partial charge in [0.25, 0.3) is 0 Å². The van der Waals surface area contributed by atoms with Gasteiger partial charge >= 0.3 is 0 Å². The lowest BCUT2D eigenvalue weighted by atomic mass is 10.4. The molecule has 0 saturated heterocycles. The van der Waals surface area contributed by atoms with Crippen molar-refractivity contribution >= 4 is 13.8 Å². The van der Waals surface area contributed by atoms with Crippen LogP contribution in [0.1, 0.15) is 47.2 Å². The van der Waals surface area contributed by atoms with Crippen LogP contribution in [0.2, 0.25) is 16.6 Å². The molecular formula is C15H27N3Si. The van der Waals surface area contributed by atoms with E-state index in [1.165, 1.54) is 0 Å². The van der Waals surface area contributed by atoms with E-state index in [0.29, 0.717) is 22.3 Å². The molecule has 4 heteroatoms. The monoisotopic (exact) mass is 277 g/mol. The Kier molecular flexibility index (Phi) is 4.86. The highest BCUT2D eigenvalue weighted by Crippen LogP contribution is 2.40. The van der Waals surface area contributed by atoms with Crippen LogP contribution in [0.15, 0.2) is 6.20 Å². The molecule has 1 aromatic heterocycles. The largest absolute Gasteiger partial charge is 0.395 e. The molecule has 0 aliphatic carbocycles. The lowest BCUT2D eigenvalue weighted by Crippen LogP contribution is -2.43. The average Bonchev–Trinajstić information content (AvgIpc) is 2.56. The predicted octanol–water partition coefficient (Wildman–Crippen LogP) is 3.57. The molecule has 1 rings (SSSR count). The Morgan fingerprint density at radius 1 is 1.11 bits per heavy atom. The summed E-state index contributed by atoms with van der Waals surface area (Å²) >= 11 is 0. The van der Waals surface area contributed by atoms with Gasteiger partial charge in [0.05, 0.1) is 5.69 Å². The second-order valence-electron chi connectivity index (χ2n) is 6.25. The van der Waals surface area contributed by atoms with E-state index in [0.717, 1.165) is 5.69 Å². The van der Waals surface area contributed by atoms with Crippen molar-refractivity contribution < 1.29 is 0 Å². The number of aryl methyl sites for hydroxylation is 1. The number of hydrogen-bond acceptors (Lipinski definition) is 2. The number of hydrogen-bond donors (Lipinski definition) is 1. The molecule has 0 aromatic carbocycles. The molecular weight excluding hydrogens is 250 g/mol. The highest BCUT2D eigenvalue weighted by atomic mass is 28.3. The van der Waals surface area contributed by atoms with E-state index in [1.807, 2.05) is 13.2 Å². The van der Waals surface area contributed by atoms with E-state index in [4.69, 9.17) is 5.73 Å². The second kappa shape index (κ2) is 5.83. The van der Waals surface area contributed by atoms with Crippen molar-refractivity contribution in [1.29, 1.82) is 0 Å². The summed E-state index contributed by atoms with van der Waals surface area (Å²) < 4.78 is 1.72. The van der Waals surface area contributed by atoms with Crippen LogP contribution in [0.4, 0.5) is 5.69 Å². The summed E-state index contributed by atoms with van der Waals surface area (Å²) in [6.45, 7) is 13.8. The van der Waals surface area contributed by atoms with Gasteiger partial charge in [0.15, 0.2) is 5.69 Å². The van der Waals surface area contributed by atoms with Gasteiger partial charge in [0, 0.05) is 13.2 Å². The van der Waals surface area contributed by atoms with Crippen LogP contribution in [-0.2, 0) is 7.05 Å². The van der Waals surface area contributed by atoms with Crippen LogP contribution in [0.3, 0.4) is 0 Å². The fourth-order valence-electron chi connectivity index (χ4n) is 3.20. The van der Waals surface area contributed by atoms with Crippen LogP contribution >= 0.6 is 0 Å². The van der Waals surface area contributed by atoms with Gasteiger partial charge < -0.3 is 5.73 Å². The molecule has 1 aromatic rings. The van der Waals surface area contributed by atoms with Gasteiger partial charge in [0.2, 0.25) is 0 Å². The summed E-state index contributed by atoms with van der Waals surface area (Å²) in [4.78, 5) is 0. The molecule has 2 N–H and O–H groups in total. The van der Waals surface area contributed by atoms with Crippen LogP contribution < -0.4 is 5.73 Å². The summed E-state index contributed by atoms with van der Waals surface area (Å²) in [6.07, 6.45) is 1.81. The Morgan fingerprint density at radius 3 is 1.89 bits per heavy atom. The molecule has 0 amide bonds. The van der Waals surface area contributed by atoms with Gasteiger partial charge in [-0.1, -0.05) is 41.5 Å². The molecule has 0 spiro atoms. The lowest BCUT2D eigenvalue weighted by Gasteiger charge is -2.38. The van der Waals surface area contributed by atoms with Crippen molar-refractivity contribution in [1.82, 2.24) is 9.78 Å². The molecule has 19 heavy (non-hydrogen) atoms.